The molecule has 1 heterocycles. The summed E-state index contributed by atoms with van der Waals surface area (Å²) < 4.78 is 35.8. The zero-order valence-corrected chi connectivity index (χ0v) is 14.7. The van der Waals surface area contributed by atoms with Gasteiger partial charge in [-0.15, -0.1) is 0 Å². The van der Waals surface area contributed by atoms with Gasteiger partial charge < -0.3 is 15.2 Å². The lowest BCUT2D eigenvalue weighted by atomic mass is 10.2. The third kappa shape index (κ3) is 4.80. The molecular weight excluding hydrogens is 346 g/mol. The molecule has 0 amide bonds. The summed E-state index contributed by atoms with van der Waals surface area (Å²) in [7, 11) is -3.60. The molecule has 0 bridgehead atoms. The van der Waals surface area contributed by atoms with Crippen molar-refractivity contribution >= 4 is 21.8 Å². The quantitative estimate of drug-likeness (QED) is 0.313. The number of carbonyl (C=O) groups excluding carboxylic acids is 1. The van der Waals surface area contributed by atoms with E-state index in [1.54, 1.807) is 24.3 Å². The van der Waals surface area contributed by atoms with Crippen molar-refractivity contribution < 1.29 is 22.7 Å². The van der Waals surface area contributed by atoms with Gasteiger partial charge in [-0.1, -0.05) is 24.8 Å². The molecule has 25 heavy (non-hydrogen) atoms. The Bertz CT molecular complexity index is 778. The number of carbonyl (C=O) groups is 1. The van der Waals surface area contributed by atoms with Gasteiger partial charge in [0.1, 0.15) is 30.3 Å². The Kier molecular flexibility index (Phi) is 5.81. The van der Waals surface area contributed by atoms with Crippen LogP contribution < -0.4 is 10.5 Å². The van der Waals surface area contributed by atoms with Crippen molar-refractivity contribution in [2.45, 2.75) is 18.6 Å². The van der Waals surface area contributed by atoms with Gasteiger partial charge in [-0.2, -0.15) is 4.31 Å². The summed E-state index contributed by atoms with van der Waals surface area (Å²) in [5.41, 5.74) is 5.95. The number of nitrogens with one attached hydrogen (secondary N) is 1. The maximum Gasteiger partial charge on any atom is 0.324 e. The van der Waals surface area contributed by atoms with E-state index < -0.39 is 28.1 Å². The van der Waals surface area contributed by atoms with Gasteiger partial charge in [-0.05, 0) is 12.1 Å². The van der Waals surface area contributed by atoms with Crippen LogP contribution in [0.5, 0.6) is 5.75 Å². The Morgan fingerprint density at radius 3 is 2.84 bits per heavy atom. The fourth-order valence-electron chi connectivity index (χ4n) is 2.60. The molecule has 1 fully saturated rings. The highest BCUT2D eigenvalue weighted by Gasteiger charge is 2.43. The SMILES string of the molecule is C=CCOC(=O)C1CC(Oc2cccc(C(=N)N)c2)CN1S(C)(=O)=O. The number of sulfonamides is 1. The standard InChI is InChI=1S/C16H21N3O5S/c1-3-7-23-16(20)14-9-13(10-19(14)25(2,21)22)24-12-6-4-5-11(8-12)15(17)18/h3-6,8,13-14H,1,7,9-10H2,2H3,(H3,17,18). The minimum atomic E-state index is -3.60. The average Bonchev–Trinajstić information content (AvgIpc) is 2.97. The van der Waals surface area contributed by atoms with Gasteiger partial charge >= 0.3 is 5.97 Å². The molecule has 9 heteroatoms. The van der Waals surface area contributed by atoms with Gasteiger partial charge in [0.05, 0.1) is 12.8 Å². The molecule has 1 saturated heterocycles. The van der Waals surface area contributed by atoms with Crippen LogP contribution in [0.15, 0.2) is 36.9 Å². The molecule has 0 radical (unpaired) electrons. The summed E-state index contributed by atoms with van der Waals surface area (Å²) in [6.07, 6.45) is 2.12. The molecule has 0 aliphatic carbocycles. The summed E-state index contributed by atoms with van der Waals surface area (Å²) in [6, 6.07) is 5.69. The Morgan fingerprint density at radius 2 is 2.24 bits per heavy atom. The maximum atomic E-state index is 12.1. The highest BCUT2D eigenvalue weighted by atomic mass is 32.2. The molecule has 1 aromatic rings. The third-order valence-corrected chi connectivity index (χ3v) is 4.96. The zero-order chi connectivity index (χ0) is 18.6. The van der Waals surface area contributed by atoms with Gasteiger partial charge in [-0.3, -0.25) is 10.2 Å². The normalized spacial score (nSPS) is 20.8. The summed E-state index contributed by atoms with van der Waals surface area (Å²) >= 11 is 0. The molecule has 136 valence electrons. The maximum absolute atomic E-state index is 12.1. The van der Waals surface area contributed by atoms with Crippen LogP contribution in [0.1, 0.15) is 12.0 Å². The smallest absolute Gasteiger partial charge is 0.324 e. The molecule has 1 aliphatic heterocycles. The second kappa shape index (κ2) is 7.66. The van der Waals surface area contributed by atoms with Crippen molar-refractivity contribution in [3.8, 4) is 5.75 Å². The van der Waals surface area contributed by atoms with Gasteiger partial charge in [0.2, 0.25) is 10.0 Å². The largest absolute Gasteiger partial charge is 0.489 e. The zero-order valence-electron chi connectivity index (χ0n) is 13.8. The van der Waals surface area contributed by atoms with Gasteiger partial charge in [0.25, 0.3) is 0 Å². The Hall–Kier alpha value is -2.39. The molecule has 0 aromatic heterocycles. The van der Waals surface area contributed by atoms with Crippen molar-refractivity contribution in [2.75, 3.05) is 19.4 Å². The van der Waals surface area contributed by atoms with Crippen molar-refractivity contribution in [2.24, 2.45) is 5.73 Å². The summed E-state index contributed by atoms with van der Waals surface area (Å²) in [5.74, 6) is -0.277. The molecule has 1 aromatic carbocycles. The molecule has 0 saturated carbocycles. The van der Waals surface area contributed by atoms with Crippen molar-refractivity contribution in [3.05, 3.63) is 42.5 Å². The van der Waals surface area contributed by atoms with E-state index in [9.17, 15) is 13.2 Å². The van der Waals surface area contributed by atoms with E-state index in [0.29, 0.717) is 11.3 Å². The average molecular weight is 367 g/mol. The number of amidine groups is 1. The van der Waals surface area contributed by atoms with Gasteiger partial charge in [-0.25, -0.2) is 8.42 Å². The van der Waals surface area contributed by atoms with E-state index in [0.717, 1.165) is 10.6 Å². The van der Waals surface area contributed by atoms with Crippen LogP contribution in [-0.4, -0.2) is 56.1 Å². The predicted octanol–water partition coefficient (Wildman–Crippen LogP) is 0.481. The summed E-state index contributed by atoms with van der Waals surface area (Å²) in [5, 5.41) is 7.45. The first-order chi connectivity index (χ1) is 11.7. The van der Waals surface area contributed by atoms with E-state index in [1.807, 2.05) is 0 Å². The number of nitrogen functional groups attached to an aromatic ring is 1. The molecule has 0 spiro atoms. The minimum absolute atomic E-state index is 0.0130. The van der Waals surface area contributed by atoms with Crippen molar-refractivity contribution in [1.82, 2.24) is 4.31 Å². The Balaban J connectivity index is 2.15. The fraction of sp³-hybridized carbons (Fsp3) is 0.375. The van der Waals surface area contributed by atoms with Crippen LogP contribution in [0.25, 0.3) is 0 Å². The topological polar surface area (TPSA) is 123 Å². The highest BCUT2D eigenvalue weighted by molar-refractivity contribution is 7.88. The summed E-state index contributed by atoms with van der Waals surface area (Å²) in [6.45, 7) is 3.51. The monoisotopic (exact) mass is 367 g/mol. The number of benzene rings is 1. The number of hydrogen-bond donors (Lipinski definition) is 2. The minimum Gasteiger partial charge on any atom is -0.489 e. The number of nitrogens with zero attached hydrogens (tertiary/aromatic N) is 1. The lowest BCUT2D eigenvalue weighted by molar-refractivity contribution is -0.146. The van der Waals surface area contributed by atoms with E-state index in [1.165, 1.54) is 6.08 Å². The van der Waals surface area contributed by atoms with E-state index in [-0.39, 0.29) is 25.4 Å². The number of hydrogen-bond acceptors (Lipinski definition) is 6. The third-order valence-electron chi connectivity index (χ3n) is 3.71. The molecular formula is C16H21N3O5S. The van der Waals surface area contributed by atoms with Crippen LogP contribution in [-0.2, 0) is 19.6 Å². The van der Waals surface area contributed by atoms with E-state index in [4.69, 9.17) is 20.6 Å². The number of esters is 1. The van der Waals surface area contributed by atoms with Crippen molar-refractivity contribution in [3.63, 3.8) is 0 Å². The predicted molar refractivity (Wildman–Crippen MR) is 93.0 cm³/mol. The van der Waals surface area contributed by atoms with Gasteiger partial charge in [0.15, 0.2) is 0 Å². The first-order valence-corrected chi connectivity index (χ1v) is 9.42. The molecule has 2 atom stereocenters. The van der Waals surface area contributed by atoms with Crippen LogP contribution >= 0.6 is 0 Å². The number of nitrogens with two attached hydrogens (primary N) is 1. The Labute approximate surface area is 146 Å². The van der Waals surface area contributed by atoms with E-state index >= 15 is 0 Å². The second-order valence-electron chi connectivity index (χ2n) is 5.68. The highest BCUT2D eigenvalue weighted by Crippen LogP contribution is 2.26. The van der Waals surface area contributed by atoms with Crippen LogP contribution in [0, 0.1) is 5.41 Å². The molecule has 1 aliphatic rings. The van der Waals surface area contributed by atoms with E-state index in [2.05, 4.69) is 6.58 Å². The second-order valence-corrected chi connectivity index (χ2v) is 7.62. The molecule has 2 rings (SSSR count). The first-order valence-electron chi connectivity index (χ1n) is 7.58. The summed E-state index contributed by atoms with van der Waals surface area (Å²) in [4.78, 5) is 12.1. The lowest BCUT2D eigenvalue weighted by Crippen LogP contribution is -2.41. The fourth-order valence-corrected chi connectivity index (χ4v) is 3.67. The number of ether oxygens (including phenoxy) is 2. The lowest BCUT2D eigenvalue weighted by Gasteiger charge is -2.19. The molecule has 3 N–H and O–H groups in total. The first kappa shape index (κ1) is 18.9. The van der Waals surface area contributed by atoms with Crippen molar-refractivity contribution in [1.29, 1.82) is 5.41 Å². The Morgan fingerprint density at radius 1 is 1.52 bits per heavy atom. The van der Waals surface area contributed by atoms with Crippen LogP contribution in [0.4, 0.5) is 0 Å². The molecule has 8 nitrogen and oxygen atoms in total. The van der Waals surface area contributed by atoms with Crippen LogP contribution in [0.3, 0.4) is 0 Å². The van der Waals surface area contributed by atoms with Crippen LogP contribution in [0.2, 0.25) is 0 Å². The number of rotatable bonds is 7. The van der Waals surface area contributed by atoms with Gasteiger partial charge in [0, 0.05) is 12.0 Å². The molecule has 2 unspecified atom stereocenters.